The molecule has 0 bridgehead atoms. The first kappa shape index (κ1) is 11.1. The highest BCUT2D eigenvalue weighted by molar-refractivity contribution is 6.20. The normalized spacial score (nSPS) is 17.4. The van der Waals surface area contributed by atoms with E-state index in [1.807, 2.05) is 0 Å². The van der Waals surface area contributed by atoms with Gasteiger partial charge in [0, 0.05) is 30.9 Å². The van der Waals surface area contributed by atoms with Gasteiger partial charge in [-0.15, -0.1) is 11.6 Å². The van der Waals surface area contributed by atoms with Gasteiger partial charge in [-0.3, -0.25) is 5.41 Å². The minimum Gasteiger partial charge on any atom is -0.384 e. The van der Waals surface area contributed by atoms with Crippen molar-refractivity contribution in [1.29, 1.82) is 5.41 Å². The van der Waals surface area contributed by atoms with Crippen molar-refractivity contribution in [3.05, 3.63) is 18.0 Å². The summed E-state index contributed by atoms with van der Waals surface area (Å²) in [4.78, 5) is 10.5. The summed E-state index contributed by atoms with van der Waals surface area (Å²) in [5, 5.41) is 7.51. The van der Waals surface area contributed by atoms with Crippen LogP contribution in [0.5, 0.6) is 0 Å². The summed E-state index contributed by atoms with van der Waals surface area (Å²) in [5.74, 6) is 0.680. The van der Waals surface area contributed by atoms with Crippen molar-refractivity contribution in [2.75, 3.05) is 18.0 Å². The highest BCUT2D eigenvalue weighted by Gasteiger charge is 2.18. The number of nitrogens with one attached hydrogen (secondary N) is 1. The molecular formula is C10H14ClN5. The Balaban J connectivity index is 2.07. The predicted molar refractivity (Wildman–Crippen MR) is 64.1 cm³/mol. The fourth-order valence-corrected chi connectivity index (χ4v) is 1.87. The highest BCUT2D eigenvalue weighted by atomic mass is 35.5. The molecule has 1 fully saturated rings. The van der Waals surface area contributed by atoms with Crippen molar-refractivity contribution in [2.24, 2.45) is 5.73 Å². The van der Waals surface area contributed by atoms with Crippen molar-refractivity contribution < 1.29 is 0 Å². The van der Waals surface area contributed by atoms with E-state index in [0.29, 0.717) is 11.5 Å². The molecule has 0 aliphatic carbocycles. The fourth-order valence-electron chi connectivity index (χ4n) is 1.67. The maximum Gasteiger partial charge on any atom is 0.225 e. The Morgan fingerprint density at radius 2 is 1.94 bits per heavy atom. The summed E-state index contributed by atoms with van der Waals surface area (Å²) < 4.78 is 0. The molecule has 0 saturated carbocycles. The largest absolute Gasteiger partial charge is 0.384 e. The molecule has 2 rings (SSSR count). The summed E-state index contributed by atoms with van der Waals surface area (Å²) in [6.07, 6.45) is 5.08. The Hall–Kier alpha value is -1.36. The smallest absolute Gasteiger partial charge is 0.225 e. The molecule has 0 spiro atoms. The first-order chi connectivity index (χ1) is 7.66. The topological polar surface area (TPSA) is 78.9 Å². The van der Waals surface area contributed by atoms with Gasteiger partial charge in [0.1, 0.15) is 5.84 Å². The number of halogens is 1. The second-order valence-electron chi connectivity index (χ2n) is 3.85. The number of nitrogen functional groups attached to an aromatic ring is 1. The van der Waals surface area contributed by atoms with E-state index in [9.17, 15) is 0 Å². The monoisotopic (exact) mass is 239 g/mol. The number of aromatic nitrogens is 2. The maximum absolute atomic E-state index is 7.24. The van der Waals surface area contributed by atoms with E-state index >= 15 is 0 Å². The van der Waals surface area contributed by atoms with Crippen molar-refractivity contribution in [2.45, 2.75) is 18.2 Å². The summed E-state index contributed by atoms with van der Waals surface area (Å²) in [6.45, 7) is 1.77. The van der Waals surface area contributed by atoms with E-state index in [-0.39, 0.29) is 11.2 Å². The van der Waals surface area contributed by atoms with Crippen LogP contribution in [0.1, 0.15) is 18.4 Å². The fraction of sp³-hybridized carbons (Fsp3) is 0.500. The molecule has 16 heavy (non-hydrogen) atoms. The molecule has 1 aliphatic heterocycles. The number of amidine groups is 1. The van der Waals surface area contributed by atoms with Crippen LogP contribution in [0, 0.1) is 5.41 Å². The first-order valence-electron chi connectivity index (χ1n) is 5.22. The quantitative estimate of drug-likeness (QED) is 0.458. The average Bonchev–Trinajstić information content (AvgIpc) is 2.30. The molecule has 3 N–H and O–H groups in total. The molecule has 1 aliphatic rings. The summed E-state index contributed by atoms with van der Waals surface area (Å²) in [5.41, 5.74) is 5.88. The standard InChI is InChI=1S/C10H14ClN5/c11-8-1-3-16(4-2-8)10-14-5-7(6-15-10)9(12)13/h5-6,8H,1-4H2,(H3,12,13). The van der Waals surface area contributed by atoms with Gasteiger partial charge in [-0.25, -0.2) is 9.97 Å². The third-order valence-electron chi connectivity index (χ3n) is 2.66. The van der Waals surface area contributed by atoms with Gasteiger partial charge in [0.05, 0.1) is 5.56 Å². The molecule has 0 amide bonds. The lowest BCUT2D eigenvalue weighted by atomic mass is 10.1. The van der Waals surface area contributed by atoms with Gasteiger partial charge in [-0.2, -0.15) is 0 Å². The lowest BCUT2D eigenvalue weighted by molar-refractivity contribution is 0.575. The Morgan fingerprint density at radius 3 is 2.44 bits per heavy atom. The zero-order valence-corrected chi connectivity index (χ0v) is 9.61. The molecule has 0 unspecified atom stereocenters. The number of nitrogens with zero attached hydrogens (tertiary/aromatic N) is 3. The van der Waals surface area contributed by atoms with Gasteiger partial charge < -0.3 is 10.6 Å². The van der Waals surface area contributed by atoms with Crippen LogP contribution < -0.4 is 10.6 Å². The lowest BCUT2D eigenvalue weighted by Crippen LogP contribution is -2.35. The van der Waals surface area contributed by atoms with E-state index in [4.69, 9.17) is 22.7 Å². The van der Waals surface area contributed by atoms with Crippen LogP contribution in [0.15, 0.2) is 12.4 Å². The van der Waals surface area contributed by atoms with Crippen LogP contribution in [0.2, 0.25) is 0 Å². The molecule has 86 valence electrons. The first-order valence-corrected chi connectivity index (χ1v) is 5.66. The van der Waals surface area contributed by atoms with Gasteiger partial charge in [-0.05, 0) is 12.8 Å². The Labute approximate surface area is 99.1 Å². The molecule has 6 heteroatoms. The minimum absolute atomic E-state index is 0.00832. The number of nitrogens with two attached hydrogens (primary N) is 1. The predicted octanol–water partition coefficient (Wildman–Crippen LogP) is 0.968. The number of anilines is 1. The zero-order chi connectivity index (χ0) is 11.5. The minimum atomic E-state index is -0.00832. The van der Waals surface area contributed by atoms with Crippen LogP contribution in [0.3, 0.4) is 0 Å². The van der Waals surface area contributed by atoms with Crippen molar-refractivity contribution in [1.82, 2.24) is 9.97 Å². The Kier molecular flexibility index (Phi) is 3.24. The van der Waals surface area contributed by atoms with E-state index in [0.717, 1.165) is 25.9 Å². The third-order valence-corrected chi connectivity index (χ3v) is 3.09. The molecule has 1 saturated heterocycles. The molecule has 0 radical (unpaired) electrons. The average molecular weight is 240 g/mol. The third kappa shape index (κ3) is 2.41. The van der Waals surface area contributed by atoms with Crippen LogP contribution in [-0.4, -0.2) is 34.3 Å². The summed E-state index contributed by atoms with van der Waals surface area (Å²) in [6, 6.07) is 0. The van der Waals surface area contributed by atoms with E-state index in [2.05, 4.69) is 14.9 Å². The molecule has 1 aromatic heterocycles. The number of piperidine rings is 1. The van der Waals surface area contributed by atoms with Gasteiger partial charge >= 0.3 is 0 Å². The Bertz CT molecular complexity index is 369. The molecule has 0 atom stereocenters. The van der Waals surface area contributed by atoms with Crippen LogP contribution in [0.25, 0.3) is 0 Å². The number of hydrogen-bond donors (Lipinski definition) is 2. The summed E-state index contributed by atoms with van der Waals surface area (Å²) in [7, 11) is 0. The van der Waals surface area contributed by atoms with Gasteiger partial charge in [0.15, 0.2) is 0 Å². The molecule has 5 nitrogen and oxygen atoms in total. The van der Waals surface area contributed by atoms with E-state index in [1.54, 1.807) is 12.4 Å². The maximum atomic E-state index is 7.24. The zero-order valence-electron chi connectivity index (χ0n) is 8.86. The second kappa shape index (κ2) is 4.65. The molecule has 1 aromatic rings. The van der Waals surface area contributed by atoms with Crippen molar-refractivity contribution >= 4 is 23.4 Å². The van der Waals surface area contributed by atoms with Gasteiger partial charge in [-0.1, -0.05) is 0 Å². The van der Waals surface area contributed by atoms with E-state index in [1.165, 1.54) is 0 Å². The Morgan fingerprint density at radius 1 is 1.38 bits per heavy atom. The van der Waals surface area contributed by atoms with Gasteiger partial charge in [0.2, 0.25) is 5.95 Å². The summed E-state index contributed by atoms with van der Waals surface area (Å²) >= 11 is 6.02. The van der Waals surface area contributed by atoms with Crippen LogP contribution >= 0.6 is 11.6 Å². The number of alkyl halides is 1. The van der Waals surface area contributed by atoms with Crippen LogP contribution in [-0.2, 0) is 0 Å². The molecule has 0 aromatic carbocycles. The number of hydrogen-bond acceptors (Lipinski definition) is 4. The van der Waals surface area contributed by atoms with Crippen LogP contribution in [0.4, 0.5) is 5.95 Å². The number of rotatable bonds is 2. The highest BCUT2D eigenvalue weighted by Crippen LogP contribution is 2.18. The second-order valence-corrected chi connectivity index (χ2v) is 4.46. The SMILES string of the molecule is N=C(N)c1cnc(N2CCC(Cl)CC2)nc1. The molecular weight excluding hydrogens is 226 g/mol. The van der Waals surface area contributed by atoms with Gasteiger partial charge in [0.25, 0.3) is 0 Å². The van der Waals surface area contributed by atoms with E-state index < -0.39 is 0 Å². The molecule has 2 heterocycles. The lowest BCUT2D eigenvalue weighted by Gasteiger charge is -2.29. The van der Waals surface area contributed by atoms with Crippen molar-refractivity contribution in [3.63, 3.8) is 0 Å². The van der Waals surface area contributed by atoms with Crippen molar-refractivity contribution in [3.8, 4) is 0 Å².